The van der Waals surface area contributed by atoms with Crippen molar-refractivity contribution in [2.75, 3.05) is 13.7 Å². The second-order valence-corrected chi connectivity index (χ2v) is 13.6. The molecule has 4 atom stereocenters. The third-order valence-electron chi connectivity index (χ3n) is 10.8. The minimum atomic E-state index is -0.753. The molecule has 2 bridgehead atoms. The van der Waals surface area contributed by atoms with E-state index in [4.69, 9.17) is 4.74 Å². The first kappa shape index (κ1) is 28.4. The molecule has 0 aromatic heterocycles. The number of carbonyl (C=O) groups excluding carboxylic acids is 2. The Kier molecular flexibility index (Phi) is 7.87. The lowest BCUT2D eigenvalue weighted by Crippen LogP contribution is -2.51. The van der Waals surface area contributed by atoms with Crippen molar-refractivity contribution in [2.24, 2.45) is 34.5 Å². The van der Waals surface area contributed by atoms with Crippen LogP contribution in [0.2, 0.25) is 0 Å². The summed E-state index contributed by atoms with van der Waals surface area (Å²) in [5, 5.41) is 25.9. The first-order valence-electron chi connectivity index (χ1n) is 15.0. The average Bonchev–Trinajstić information content (AvgIpc) is 3.53. The number of hydrogen-bond donors (Lipinski definition) is 3. The van der Waals surface area contributed by atoms with Crippen molar-refractivity contribution < 1.29 is 24.2 Å². The summed E-state index contributed by atoms with van der Waals surface area (Å²) in [6, 6.07) is 5.46. The molecule has 4 aliphatic rings. The fourth-order valence-electron chi connectivity index (χ4n) is 7.77. The van der Waals surface area contributed by atoms with E-state index in [1.165, 1.54) is 13.5 Å². The van der Waals surface area contributed by atoms with Crippen LogP contribution in [0.1, 0.15) is 99.5 Å². The highest BCUT2D eigenvalue weighted by atomic mass is 16.5. The van der Waals surface area contributed by atoms with Crippen LogP contribution < -0.4 is 15.4 Å². The van der Waals surface area contributed by atoms with Gasteiger partial charge in [0.15, 0.2) is 0 Å². The van der Waals surface area contributed by atoms with E-state index in [0.717, 1.165) is 50.5 Å². The molecule has 3 N–H and O–H groups in total. The van der Waals surface area contributed by atoms with Gasteiger partial charge in [-0.3, -0.25) is 14.4 Å². The van der Waals surface area contributed by atoms with E-state index in [1.807, 2.05) is 0 Å². The van der Waals surface area contributed by atoms with Gasteiger partial charge < -0.3 is 20.5 Å². The summed E-state index contributed by atoms with van der Waals surface area (Å²) in [6.45, 7) is 4.72. The van der Waals surface area contributed by atoms with Gasteiger partial charge in [0.25, 0.3) is 5.91 Å². The molecule has 0 radical (unpaired) electrons. The second-order valence-electron chi connectivity index (χ2n) is 13.6. The number of hydrogen-bond acceptors (Lipinski definition) is 5. The normalized spacial score (nSPS) is 32.0. The molecule has 0 heterocycles. The fourth-order valence-corrected chi connectivity index (χ4v) is 7.77. The summed E-state index contributed by atoms with van der Waals surface area (Å²) in [4.78, 5) is 38.7. The van der Waals surface area contributed by atoms with E-state index in [9.17, 15) is 24.8 Å². The molecule has 4 aliphatic carbocycles. The highest BCUT2D eigenvalue weighted by Crippen LogP contribution is 2.49. The summed E-state index contributed by atoms with van der Waals surface area (Å²) < 4.78 is 5.55. The Morgan fingerprint density at radius 2 is 1.77 bits per heavy atom. The van der Waals surface area contributed by atoms with Crippen molar-refractivity contribution in [3.05, 3.63) is 28.8 Å². The van der Waals surface area contributed by atoms with E-state index < -0.39 is 11.4 Å². The number of carboxylic acids is 1. The van der Waals surface area contributed by atoms with Crippen LogP contribution in [-0.4, -0.2) is 42.6 Å². The summed E-state index contributed by atoms with van der Waals surface area (Å²) in [5.41, 5.74) is 1.14. The van der Waals surface area contributed by atoms with Gasteiger partial charge in [-0.1, -0.05) is 13.3 Å². The Bertz CT molecular complexity index is 1210. The van der Waals surface area contributed by atoms with E-state index in [0.29, 0.717) is 54.5 Å². The number of methoxy groups -OCH3 is 1. The molecule has 4 saturated carbocycles. The fraction of sp³-hybridized carbons (Fsp3) is 0.688. The van der Waals surface area contributed by atoms with Gasteiger partial charge in [0.1, 0.15) is 5.75 Å². The maximum absolute atomic E-state index is 13.7. The Morgan fingerprint density at radius 1 is 1.07 bits per heavy atom. The maximum Gasteiger partial charge on any atom is 0.309 e. The zero-order valence-corrected chi connectivity index (χ0v) is 24.1. The lowest BCUT2D eigenvalue weighted by molar-refractivity contribution is -0.150. The number of benzene rings is 1. The molecule has 0 aliphatic heterocycles. The van der Waals surface area contributed by atoms with Crippen LogP contribution >= 0.6 is 0 Å². The molecule has 4 fully saturated rings. The molecule has 1 aromatic rings. The van der Waals surface area contributed by atoms with Crippen molar-refractivity contribution in [2.45, 2.75) is 90.5 Å². The van der Waals surface area contributed by atoms with Gasteiger partial charge in [-0.2, -0.15) is 5.26 Å². The van der Waals surface area contributed by atoms with Crippen LogP contribution in [0.4, 0.5) is 0 Å². The average molecular weight is 550 g/mol. The van der Waals surface area contributed by atoms with Gasteiger partial charge in [0.2, 0.25) is 5.91 Å². The number of nitriles is 1. The van der Waals surface area contributed by atoms with Gasteiger partial charge in [-0.05, 0) is 112 Å². The summed E-state index contributed by atoms with van der Waals surface area (Å²) in [5.74, 6) is -0.000959. The second kappa shape index (κ2) is 11.1. The molecule has 216 valence electrons. The molecule has 5 rings (SSSR count). The van der Waals surface area contributed by atoms with Crippen LogP contribution in [0.25, 0.3) is 0 Å². The van der Waals surface area contributed by atoms with Crippen LogP contribution in [0.5, 0.6) is 5.75 Å². The quantitative estimate of drug-likeness (QED) is 0.404. The first-order valence-corrected chi connectivity index (χ1v) is 15.0. The van der Waals surface area contributed by atoms with Gasteiger partial charge in [0.05, 0.1) is 35.6 Å². The summed E-state index contributed by atoms with van der Waals surface area (Å²) >= 11 is 0. The highest BCUT2D eigenvalue weighted by Gasteiger charge is 2.51. The third-order valence-corrected chi connectivity index (χ3v) is 10.8. The Morgan fingerprint density at radius 3 is 2.38 bits per heavy atom. The monoisotopic (exact) mass is 549 g/mol. The van der Waals surface area contributed by atoms with Crippen LogP contribution in [0.15, 0.2) is 12.1 Å². The summed E-state index contributed by atoms with van der Waals surface area (Å²) in [6.07, 6.45) is 9.86. The molecule has 0 spiro atoms. The Labute approximate surface area is 237 Å². The minimum absolute atomic E-state index is 0.0590. The van der Waals surface area contributed by atoms with Crippen molar-refractivity contribution >= 4 is 17.8 Å². The minimum Gasteiger partial charge on any atom is -0.496 e. The smallest absolute Gasteiger partial charge is 0.309 e. The van der Waals surface area contributed by atoms with Crippen molar-refractivity contribution in [1.29, 1.82) is 5.26 Å². The number of rotatable bonds is 9. The molecule has 2 amide bonds. The maximum atomic E-state index is 13.7. The van der Waals surface area contributed by atoms with Gasteiger partial charge in [-0.25, -0.2) is 0 Å². The van der Waals surface area contributed by atoms with Crippen LogP contribution in [-0.2, 0) is 16.0 Å². The number of fused-ring (bicyclic) bond motifs is 2. The number of aliphatic carboxylic acids is 1. The summed E-state index contributed by atoms with van der Waals surface area (Å²) in [7, 11) is 1.50. The molecule has 8 heteroatoms. The van der Waals surface area contributed by atoms with Crippen LogP contribution in [0, 0.1) is 45.8 Å². The first-order chi connectivity index (χ1) is 19.1. The predicted molar refractivity (Wildman–Crippen MR) is 150 cm³/mol. The standard InChI is InChI=1S/C32H43N3O5/c1-31(9-4-10-31)18-34-29(37)26-20-5-6-21(14-20)27(26)35-28(36)24-15-22(23(17-33)16-25(24)40-3)13-19-7-11-32(2,12-8-19)30(38)39/h15-16,19-21,26-27H,4-14,18H2,1-3H3,(H,34,37)(H,35,36)(H,38,39)/t19-,20-,21+,26+,27-,32+/m1/s1. The number of nitrogens with zero attached hydrogens (tertiary/aromatic N) is 1. The van der Waals surface area contributed by atoms with Gasteiger partial charge in [0, 0.05) is 12.6 Å². The van der Waals surface area contributed by atoms with Gasteiger partial charge >= 0.3 is 5.97 Å². The predicted octanol–water partition coefficient (Wildman–Crippen LogP) is 4.84. The van der Waals surface area contributed by atoms with Crippen molar-refractivity contribution in [1.82, 2.24) is 10.6 Å². The molecular weight excluding hydrogens is 506 g/mol. The number of ether oxygens (including phenoxy) is 1. The van der Waals surface area contributed by atoms with Gasteiger partial charge in [-0.15, -0.1) is 0 Å². The number of carboxylic acid groups (broad SMARTS) is 1. The van der Waals surface area contributed by atoms with E-state index in [1.54, 1.807) is 19.1 Å². The zero-order valence-electron chi connectivity index (χ0n) is 24.1. The largest absolute Gasteiger partial charge is 0.496 e. The SMILES string of the molecule is COc1cc(C#N)c(C[C@H]2CC[C@@](C)(C(=O)O)CC2)cc1C(=O)N[C@@H]1[C@H]2CC[C@H](C2)[C@@H]1C(=O)NCC1(C)CCC1. The topological polar surface area (TPSA) is 129 Å². The zero-order chi connectivity index (χ0) is 28.7. The molecular formula is C32H43N3O5. The third kappa shape index (κ3) is 5.44. The van der Waals surface area contributed by atoms with Crippen molar-refractivity contribution in [3.63, 3.8) is 0 Å². The highest BCUT2D eigenvalue weighted by molar-refractivity contribution is 5.98. The van der Waals surface area contributed by atoms with Crippen molar-refractivity contribution in [3.8, 4) is 11.8 Å². The molecule has 0 unspecified atom stereocenters. The Hall–Kier alpha value is -3.08. The molecule has 40 heavy (non-hydrogen) atoms. The molecule has 0 saturated heterocycles. The number of nitrogens with one attached hydrogen (secondary N) is 2. The lowest BCUT2D eigenvalue weighted by atomic mass is 9.70. The lowest BCUT2D eigenvalue weighted by Gasteiger charge is -2.39. The number of carbonyl (C=O) groups is 3. The van der Waals surface area contributed by atoms with E-state index in [2.05, 4.69) is 23.6 Å². The van der Waals surface area contributed by atoms with E-state index in [-0.39, 0.29) is 35.1 Å². The molecule has 8 nitrogen and oxygen atoms in total. The van der Waals surface area contributed by atoms with E-state index >= 15 is 0 Å². The number of amides is 2. The Balaban J connectivity index is 1.31. The molecule has 1 aromatic carbocycles. The van der Waals surface area contributed by atoms with Crippen LogP contribution in [0.3, 0.4) is 0 Å².